The van der Waals surface area contributed by atoms with Gasteiger partial charge in [0.05, 0.1) is 34.9 Å². The molecule has 0 saturated carbocycles. The summed E-state index contributed by atoms with van der Waals surface area (Å²) in [6.45, 7) is 8.76. The Balaban J connectivity index is 1.46. The number of rotatable bonds is 19. The van der Waals surface area contributed by atoms with Crippen molar-refractivity contribution in [1.29, 1.82) is 0 Å². The maximum atomic E-state index is 13.7. The molecule has 8 N–H and O–H groups in total. The minimum absolute atomic E-state index is 0.330. The lowest BCUT2D eigenvalue weighted by atomic mass is 9.92. The second-order valence-corrected chi connectivity index (χ2v) is 25.3. The van der Waals surface area contributed by atoms with Crippen LogP contribution in [-0.4, -0.2) is 186 Å². The Morgan fingerprint density at radius 3 is 1.33 bits per heavy atom. The fourth-order valence-corrected chi connectivity index (χ4v) is 13.6. The van der Waals surface area contributed by atoms with E-state index in [4.69, 9.17) is 41.7 Å². The number of nitrogens with one attached hydrogen (secondary N) is 2. The van der Waals surface area contributed by atoms with Crippen molar-refractivity contribution in [2.24, 2.45) is 11.8 Å². The van der Waals surface area contributed by atoms with E-state index in [0.29, 0.717) is 24.7 Å². The average Bonchev–Trinajstić information content (AvgIpc) is 3.74. The summed E-state index contributed by atoms with van der Waals surface area (Å²) in [5, 5.41) is 49.3. The number of halogens is 2. The molecule has 4 aliphatic heterocycles. The van der Waals surface area contributed by atoms with Crippen molar-refractivity contribution < 1.29 is 67.5 Å². The van der Waals surface area contributed by atoms with Crippen LogP contribution in [0.5, 0.6) is 0 Å². The number of aliphatic hydroxyl groups is 4. The molecule has 20 atom stereocenters. The summed E-state index contributed by atoms with van der Waals surface area (Å²) in [5.74, 6) is -0.0341. The molecular formula is C36H66Cl2N4O14P2S2. The van der Waals surface area contributed by atoms with Crippen molar-refractivity contribution in [3.63, 3.8) is 0 Å². The molecule has 0 radical (unpaired) electrons. The molecule has 0 aliphatic carbocycles. The molecule has 0 aromatic carbocycles. The fourth-order valence-electron chi connectivity index (χ4n) is 8.86. The Morgan fingerprint density at radius 2 is 1.05 bits per heavy atom. The molecule has 24 heteroatoms. The van der Waals surface area contributed by atoms with Gasteiger partial charge in [0, 0.05) is 13.1 Å². The third-order valence-corrected chi connectivity index (χ3v) is 18.4. The Hall–Kier alpha value is 0.200. The molecule has 350 valence electrons. The second-order valence-electron chi connectivity index (χ2n) is 16.6. The second kappa shape index (κ2) is 22.6. The largest absolute Gasteiger partial charge is 0.438 e. The lowest BCUT2D eigenvalue weighted by molar-refractivity contribution is -0.201. The van der Waals surface area contributed by atoms with Crippen LogP contribution < -0.4 is 10.6 Å². The lowest BCUT2D eigenvalue weighted by Crippen LogP contribution is -2.65. The van der Waals surface area contributed by atoms with Crippen LogP contribution >= 0.6 is 61.3 Å². The number of aliphatic hydroxyl groups excluding tert-OH is 4. The molecule has 4 aliphatic rings. The van der Waals surface area contributed by atoms with Crippen LogP contribution in [-0.2, 0) is 37.2 Å². The highest BCUT2D eigenvalue weighted by atomic mass is 35.5. The van der Waals surface area contributed by atoms with E-state index < -0.39 is 109 Å². The molecule has 4 saturated heterocycles. The predicted octanol–water partition coefficient (Wildman–Crippen LogP) is 2.13. The smallest absolute Gasteiger partial charge is 0.388 e. The van der Waals surface area contributed by atoms with Crippen molar-refractivity contribution >= 4 is 73.1 Å². The lowest BCUT2D eigenvalue weighted by Gasteiger charge is -2.46. The molecule has 4 fully saturated rings. The van der Waals surface area contributed by atoms with Gasteiger partial charge in [0.1, 0.15) is 59.7 Å². The highest BCUT2D eigenvalue weighted by Gasteiger charge is 2.59. The summed E-state index contributed by atoms with van der Waals surface area (Å²) in [6, 6.07) is -3.02. The van der Waals surface area contributed by atoms with Crippen LogP contribution in [0.15, 0.2) is 0 Å². The van der Waals surface area contributed by atoms with Gasteiger partial charge in [0.25, 0.3) is 0 Å². The first-order chi connectivity index (χ1) is 28.0. The highest BCUT2D eigenvalue weighted by Crippen LogP contribution is 2.79. The first-order valence-electron chi connectivity index (χ1n) is 20.4. The number of hydrogen-bond acceptors (Lipinski definition) is 16. The van der Waals surface area contributed by atoms with Gasteiger partial charge in [0.15, 0.2) is 0 Å². The number of amides is 2. The molecule has 2 unspecified atom stereocenters. The number of alkyl halides is 2. The predicted molar refractivity (Wildman–Crippen MR) is 231 cm³/mol. The minimum atomic E-state index is -5.86. The minimum Gasteiger partial charge on any atom is -0.388 e. The SMILES string of the molecule is CCC[C@@H]1C[C@@H](C(=O)N[C@@H]([C@H]2O[C@H](SC)[C@H](OP(=O)(O)P(=O)(O)O[C@@H]3[C@@H](O)[C@@H](O)[C@@H]([C@H](NC(=O)[C@@H]4C[C@@H](CCC)CN4C)[C@H](C)Cl)O[C@@H]3SC)[C@@H](O)[C@H]2O)[C@H](C)Cl)N(C)C1. The van der Waals surface area contributed by atoms with Crippen LogP contribution in [0.1, 0.15) is 66.2 Å². The molecule has 2 amide bonds. The maximum Gasteiger partial charge on any atom is 0.438 e. The number of nitrogens with zero attached hydrogens (tertiary/aromatic N) is 2. The number of carbonyl (C=O) groups is 2. The van der Waals surface area contributed by atoms with Gasteiger partial charge in [-0.1, -0.05) is 26.7 Å². The standard InChI is InChI=1S/C36H66Cl2N4O14P2S2/c1-9-11-19-13-21(41(5)15-19)33(47)39-23(17(3)37)29-25(43)27(45)31(35(53-29)59-7)55-57(49,50)58(51,52)56-32-28(46)26(44)30(54-36(32)60-8)24(18(4)38)40-34(48)22-14-20(12-10-2)16-42(22)6/h17-32,35-36,43-46H,9-16H2,1-8H3,(H,39,47)(H,40,48)(H,49,50)(H,51,52)/t17-,18-,19+,20+,21-,22-,23+,24+,25+,26+,27-,28-,29+,30+,31+,32+,35+,36+/m0/s1. The van der Waals surface area contributed by atoms with Crippen molar-refractivity contribution in [2.45, 2.75) is 161 Å². The normalized spacial score (nSPS) is 39.6. The van der Waals surface area contributed by atoms with Crippen LogP contribution in [0.3, 0.4) is 0 Å². The van der Waals surface area contributed by atoms with E-state index in [1.807, 2.05) is 23.9 Å². The summed E-state index contributed by atoms with van der Waals surface area (Å²) in [4.78, 5) is 52.9. The van der Waals surface area contributed by atoms with Gasteiger partial charge in [-0.25, -0.2) is 9.13 Å². The number of ether oxygens (including phenoxy) is 2. The Labute approximate surface area is 371 Å². The number of thioether (sulfide) groups is 2. The first kappa shape index (κ1) is 52.8. The van der Waals surface area contributed by atoms with Gasteiger partial charge in [-0.05, 0) is 78.0 Å². The van der Waals surface area contributed by atoms with Crippen LogP contribution in [0, 0.1) is 11.8 Å². The average molecular weight is 976 g/mol. The van der Waals surface area contributed by atoms with E-state index in [-0.39, 0.29) is 11.8 Å². The third-order valence-electron chi connectivity index (χ3n) is 12.1. The Kier molecular flexibility index (Phi) is 19.9. The first-order valence-corrected chi connectivity index (χ1v) is 27.8. The number of carbonyl (C=O) groups excluding carboxylic acids is 2. The van der Waals surface area contributed by atoms with Crippen molar-refractivity contribution in [3.05, 3.63) is 0 Å². The molecule has 0 aromatic rings. The molecular weight excluding hydrogens is 909 g/mol. The van der Waals surface area contributed by atoms with Gasteiger partial charge >= 0.3 is 14.6 Å². The number of hydrogen-bond donors (Lipinski definition) is 8. The van der Waals surface area contributed by atoms with Gasteiger partial charge in [0.2, 0.25) is 11.8 Å². The van der Waals surface area contributed by atoms with Crippen LogP contribution in [0.2, 0.25) is 0 Å². The molecule has 18 nitrogen and oxygen atoms in total. The summed E-state index contributed by atoms with van der Waals surface area (Å²) >= 11 is 14.8. The Morgan fingerprint density at radius 1 is 0.717 bits per heavy atom. The van der Waals surface area contributed by atoms with E-state index in [1.54, 1.807) is 13.8 Å². The maximum absolute atomic E-state index is 13.7. The van der Waals surface area contributed by atoms with E-state index in [0.717, 1.165) is 62.3 Å². The fraction of sp³-hybridized carbons (Fsp3) is 0.944. The third kappa shape index (κ3) is 12.1. The molecule has 4 rings (SSSR count). The van der Waals surface area contributed by atoms with Crippen LogP contribution in [0.4, 0.5) is 0 Å². The quantitative estimate of drug-likeness (QED) is 0.0682. The van der Waals surface area contributed by atoms with Crippen molar-refractivity contribution in [3.8, 4) is 0 Å². The molecule has 0 spiro atoms. The van der Waals surface area contributed by atoms with Gasteiger partial charge in [-0.2, -0.15) is 0 Å². The topological polar surface area (TPSA) is 257 Å². The zero-order valence-electron chi connectivity index (χ0n) is 35.4. The summed E-state index contributed by atoms with van der Waals surface area (Å²) < 4.78 is 50.0. The molecule has 0 bridgehead atoms. The monoisotopic (exact) mass is 974 g/mol. The zero-order chi connectivity index (χ0) is 45.0. The van der Waals surface area contributed by atoms with E-state index in [9.17, 15) is 48.9 Å². The number of likely N-dealkylation sites (N-methyl/N-ethyl adjacent to an activating group) is 2. The van der Waals surface area contributed by atoms with Gasteiger partial charge in [-0.3, -0.25) is 28.4 Å². The summed E-state index contributed by atoms with van der Waals surface area (Å²) in [6.07, 6.45) is -6.10. The van der Waals surface area contributed by atoms with E-state index >= 15 is 0 Å². The molecule has 60 heavy (non-hydrogen) atoms. The van der Waals surface area contributed by atoms with E-state index in [2.05, 4.69) is 24.5 Å². The molecule has 4 heterocycles. The zero-order valence-corrected chi connectivity index (χ0v) is 40.3. The van der Waals surface area contributed by atoms with Crippen molar-refractivity contribution in [1.82, 2.24) is 20.4 Å². The van der Waals surface area contributed by atoms with E-state index in [1.165, 1.54) is 12.5 Å². The highest BCUT2D eigenvalue weighted by molar-refractivity contribution is 8.27. The van der Waals surface area contributed by atoms with Gasteiger partial charge in [-0.15, -0.1) is 46.7 Å². The Bertz CT molecular complexity index is 1420. The van der Waals surface area contributed by atoms with Gasteiger partial charge < -0.3 is 50.3 Å². The number of likely N-dealkylation sites (tertiary alicyclic amines) is 2. The van der Waals surface area contributed by atoms with Crippen LogP contribution in [0.25, 0.3) is 0 Å². The summed E-state index contributed by atoms with van der Waals surface area (Å²) in [5.41, 5.74) is -2.69. The van der Waals surface area contributed by atoms with Crippen molar-refractivity contribution in [2.75, 3.05) is 39.7 Å². The summed E-state index contributed by atoms with van der Waals surface area (Å²) in [7, 11) is -8.03. The molecule has 0 aromatic heterocycles.